The molecule has 188 valence electrons. The number of fused-ring (bicyclic) bond motifs is 1. The van der Waals surface area contributed by atoms with Gasteiger partial charge in [-0.15, -0.1) is 0 Å². The number of carbonyl (C=O) groups excluding carboxylic acids is 1. The molecule has 4 aromatic rings. The number of ether oxygens (including phenoxy) is 3. The van der Waals surface area contributed by atoms with E-state index in [0.29, 0.717) is 33.8 Å². The number of rotatable bonds is 10. The van der Waals surface area contributed by atoms with Crippen LogP contribution in [0.25, 0.3) is 10.9 Å². The normalized spacial score (nSPS) is 11.3. The van der Waals surface area contributed by atoms with Gasteiger partial charge in [0.25, 0.3) is 10.1 Å². The third-order valence-corrected chi connectivity index (χ3v) is 5.27. The summed E-state index contributed by atoms with van der Waals surface area (Å²) in [4.78, 5) is 25.1. The van der Waals surface area contributed by atoms with Crippen LogP contribution in [-0.2, 0) is 32.2 Å². The van der Waals surface area contributed by atoms with E-state index in [1.807, 2.05) is 0 Å². The van der Waals surface area contributed by atoms with Gasteiger partial charge >= 0.3 is 0 Å². The highest BCUT2D eigenvalue weighted by molar-refractivity contribution is 7.85. The van der Waals surface area contributed by atoms with E-state index in [1.165, 1.54) is 37.6 Å². The Labute approximate surface area is 206 Å². The first-order chi connectivity index (χ1) is 17.2. The topological polar surface area (TPSA) is 157 Å². The second-order valence-electron chi connectivity index (χ2n) is 7.41. The van der Waals surface area contributed by atoms with E-state index in [1.54, 1.807) is 30.3 Å². The smallest absolute Gasteiger partial charge is 0.264 e. The van der Waals surface area contributed by atoms with Crippen LogP contribution in [0.15, 0.2) is 49.1 Å². The largest absolute Gasteiger partial charge is 0.493 e. The summed E-state index contributed by atoms with van der Waals surface area (Å²) in [6.45, 7) is -0.358. The minimum atomic E-state index is -3.61. The Balaban J connectivity index is 1.42. The molecule has 0 atom stereocenters. The number of amides is 1. The third kappa shape index (κ3) is 6.22. The number of methoxy groups -OCH3 is 2. The van der Waals surface area contributed by atoms with Crippen molar-refractivity contribution in [2.24, 2.45) is 0 Å². The Bertz CT molecular complexity index is 1510. The van der Waals surface area contributed by atoms with Crippen LogP contribution in [0.3, 0.4) is 0 Å². The van der Waals surface area contributed by atoms with Gasteiger partial charge in [0.1, 0.15) is 25.3 Å². The van der Waals surface area contributed by atoms with Crippen molar-refractivity contribution < 1.29 is 31.6 Å². The number of pyridine rings is 1. The molecular weight excluding hydrogens is 492 g/mol. The number of benzene rings is 1. The van der Waals surface area contributed by atoms with Gasteiger partial charge in [-0.05, 0) is 18.2 Å². The predicted octanol–water partition coefficient (Wildman–Crippen LogP) is 2.15. The summed E-state index contributed by atoms with van der Waals surface area (Å²) in [6, 6.07) is 8.21. The average Bonchev–Trinajstić information content (AvgIpc) is 3.28. The summed E-state index contributed by atoms with van der Waals surface area (Å²) >= 11 is 0. The average molecular weight is 515 g/mol. The van der Waals surface area contributed by atoms with Crippen LogP contribution in [0, 0.1) is 0 Å². The van der Waals surface area contributed by atoms with Gasteiger partial charge in [0, 0.05) is 6.07 Å². The van der Waals surface area contributed by atoms with Crippen molar-refractivity contribution in [2.45, 2.75) is 13.2 Å². The van der Waals surface area contributed by atoms with Crippen molar-refractivity contribution in [3.8, 4) is 23.1 Å². The van der Waals surface area contributed by atoms with Gasteiger partial charge in [-0.1, -0.05) is 6.07 Å². The molecule has 13 nitrogen and oxygen atoms in total. The quantitative estimate of drug-likeness (QED) is 0.309. The molecule has 3 heterocycles. The maximum Gasteiger partial charge on any atom is 0.264 e. The minimum absolute atomic E-state index is 0.120. The molecule has 0 spiro atoms. The van der Waals surface area contributed by atoms with Gasteiger partial charge in [0.2, 0.25) is 11.8 Å². The Hall–Kier alpha value is -4.30. The maximum absolute atomic E-state index is 12.5. The molecule has 4 rings (SSSR count). The van der Waals surface area contributed by atoms with Crippen molar-refractivity contribution in [3.05, 3.63) is 54.7 Å². The van der Waals surface area contributed by atoms with Crippen LogP contribution in [0.1, 0.15) is 5.69 Å². The Morgan fingerprint density at radius 2 is 1.89 bits per heavy atom. The first-order valence-electron chi connectivity index (χ1n) is 10.4. The SMILES string of the molecule is COc1cc2ncnc(Oc3cnn(CC(=O)Nc4cccc(COS(C)(=O)=O)n4)c3)c2cc1OC. The molecule has 0 bridgehead atoms. The van der Waals surface area contributed by atoms with Crippen LogP contribution < -0.4 is 19.5 Å². The number of nitrogens with one attached hydrogen (secondary N) is 1. The number of carbonyl (C=O) groups is 1. The van der Waals surface area contributed by atoms with Gasteiger partial charge in [-0.3, -0.25) is 13.7 Å². The lowest BCUT2D eigenvalue weighted by atomic mass is 10.2. The lowest BCUT2D eigenvalue weighted by molar-refractivity contribution is -0.116. The van der Waals surface area contributed by atoms with Crippen LogP contribution in [0.5, 0.6) is 23.1 Å². The highest BCUT2D eigenvalue weighted by Gasteiger charge is 2.14. The minimum Gasteiger partial charge on any atom is -0.493 e. The molecule has 0 saturated carbocycles. The molecule has 1 N–H and O–H groups in total. The highest BCUT2D eigenvalue weighted by Crippen LogP contribution is 2.35. The van der Waals surface area contributed by atoms with Gasteiger partial charge in [0.05, 0.1) is 49.5 Å². The molecule has 1 aromatic carbocycles. The molecule has 1 amide bonds. The lowest BCUT2D eigenvalue weighted by Gasteiger charge is -2.10. The predicted molar refractivity (Wildman–Crippen MR) is 127 cm³/mol. The highest BCUT2D eigenvalue weighted by atomic mass is 32.2. The number of aromatic nitrogens is 5. The summed E-state index contributed by atoms with van der Waals surface area (Å²) < 4.78 is 44.9. The van der Waals surface area contributed by atoms with Crippen molar-refractivity contribution in [3.63, 3.8) is 0 Å². The Morgan fingerprint density at radius 3 is 2.64 bits per heavy atom. The molecule has 0 saturated heterocycles. The molecule has 0 aliphatic rings. The van der Waals surface area contributed by atoms with E-state index in [9.17, 15) is 13.2 Å². The fourth-order valence-corrected chi connectivity index (χ4v) is 3.50. The first kappa shape index (κ1) is 24.8. The zero-order valence-electron chi connectivity index (χ0n) is 19.5. The molecule has 0 aliphatic carbocycles. The lowest BCUT2D eigenvalue weighted by Crippen LogP contribution is -2.20. The fraction of sp³-hybridized carbons (Fsp3) is 0.227. The number of anilines is 1. The maximum atomic E-state index is 12.5. The zero-order valence-corrected chi connectivity index (χ0v) is 20.4. The van der Waals surface area contributed by atoms with Crippen LogP contribution in [0.4, 0.5) is 5.82 Å². The summed E-state index contributed by atoms with van der Waals surface area (Å²) in [7, 11) is -0.548. The van der Waals surface area contributed by atoms with E-state index in [0.717, 1.165) is 6.26 Å². The molecule has 0 fully saturated rings. The number of nitrogens with zero attached hydrogens (tertiary/aromatic N) is 5. The molecule has 0 radical (unpaired) electrons. The number of hydrogen-bond acceptors (Lipinski definition) is 11. The van der Waals surface area contributed by atoms with Gasteiger partial charge in [0.15, 0.2) is 17.2 Å². The summed E-state index contributed by atoms with van der Waals surface area (Å²) in [5, 5.41) is 7.38. The van der Waals surface area contributed by atoms with E-state index in [4.69, 9.17) is 18.4 Å². The van der Waals surface area contributed by atoms with Crippen LogP contribution >= 0.6 is 0 Å². The Kier molecular flexibility index (Phi) is 7.26. The number of hydrogen-bond donors (Lipinski definition) is 1. The second kappa shape index (κ2) is 10.5. The Morgan fingerprint density at radius 1 is 1.11 bits per heavy atom. The molecule has 0 aliphatic heterocycles. The second-order valence-corrected chi connectivity index (χ2v) is 9.05. The van der Waals surface area contributed by atoms with Crippen molar-refractivity contribution in [1.82, 2.24) is 24.7 Å². The summed E-state index contributed by atoms with van der Waals surface area (Å²) in [6.07, 6.45) is 5.30. The van der Waals surface area contributed by atoms with E-state index < -0.39 is 16.0 Å². The summed E-state index contributed by atoms with van der Waals surface area (Å²) in [5.41, 5.74) is 0.945. The molecule has 0 unspecified atom stereocenters. The van der Waals surface area contributed by atoms with Gasteiger partial charge in [-0.25, -0.2) is 15.0 Å². The standard InChI is InChI=1S/C22H22N6O7S/c1-32-18-7-16-17(8-19(18)33-2)23-13-24-22(16)35-15-9-25-28(10-15)11-21(29)27-20-6-4-5-14(26-20)12-34-36(3,30)31/h4-10,13H,11-12H2,1-3H3,(H,26,27,29). The van der Waals surface area contributed by atoms with Crippen molar-refractivity contribution in [2.75, 3.05) is 25.8 Å². The molecule has 14 heteroatoms. The first-order valence-corrected chi connectivity index (χ1v) is 12.2. The monoisotopic (exact) mass is 514 g/mol. The van der Waals surface area contributed by atoms with Crippen LogP contribution in [0.2, 0.25) is 0 Å². The third-order valence-electron chi connectivity index (χ3n) is 4.73. The molecular formula is C22H22N6O7S. The van der Waals surface area contributed by atoms with Crippen LogP contribution in [-0.4, -0.2) is 59.5 Å². The van der Waals surface area contributed by atoms with Crippen molar-refractivity contribution in [1.29, 1.82) is 0 Å². The van der Waals surface area contributed by atoms with Crippen molar-refractivity contribution >= 4 is 32.7 Å². The van der Waals surface area contributed by atoms with Gasteiger partial charge in [-0.2, -0.15) is 13.5 Å². The van der Waals surface area contributed by atoms with E-state index in [-0.39, 0.29) is 24.8 Å². The molecule has 3 aromatic heterocycles. The fourth-order valence-electron chi connectivity index (χ4n) is 3.16. The zero-order chi connectivity index (χ0) is 25.7. The molecule has 36 heavy (non-hydrogen) atoms. The van der Waals surface area contributed by atoms with E-state index in [2.05, 4.69) is 25.4 Å². The summed E-state index contributed by atoms with van der Waals surface area (Å²) in [5.74, 6) is 1.50. The van der Waals surface area contributed by atoms with E-state index >= 15 is 0 Å². The van der Waals surface area contributed by atoms with Gasteiger partial charge < -0.3 is 19.5 Å².